The summed E-state index contributed by atoms with van der Waals surface area (Å²) in [6.07, 6.45) is 2.74. The lowest BCUT2D eigenvalue weighted by atomic mass is 10.2. The van der Waals surface area contributed by atoms with E-state index in [2.05, 4.69) is 19.2 Å². The number of esters is 1. The van der Waals surface area contributed by atoms with Crippen LogP contribution >= 0.6 is 12.6 Å². The van der Waals surface area contributed by atoms with E-state index in [1.165, 1.54) is 6.92 Å². The van der Waals surface area contributed by atoms with E-state index < -0.39 is 5.97 Å². The summed E-state index contributed by atoms with van der Waals surface area (Å²) in [5, 5.41) is 0. The van der Waals surface area contributed by atoms with Gasteiger partial charge in [-0.3, -0.25) is 4.79 Å². The van der Waals surface area contributed by atoms with Crippen molar-refractivity contribution in [2.24, 2.45) is 0 Å². The lowest BCUT2D eigenvalue weighted by Crippen LogP contribution is -2.02. The summed E-state index contributed by atoms with van der Waals surface area (Å²) in [6, 6.07) is 6.72. The Labute approximate surface area is 105 Å². The number of thiol groups is 1. The molecule has 0 aromatic heterocycles. The zero-order chi connectivity index (χ0) is 12.8. The van der Waals surface area contributed by atoms with Gasteiger partial charge in [-0.25, -0.2) is 4.79 Å². The number of allylic oxidation sites excluding steroid dienone is 1. The molecule has 0 saturated carbocycles. The van der Waals surface area contributed by atoms with E-state index in [0.29, 0.717) is 10.7 Å². The van der Waals surface area contributed by atoms with Gasteiger partial charge in [-0.05, 0) is 30.7 Å². The molecule has 0 bridgehead atoms. The van der Waals surface area contributed by atoms with Gasteiger partial charge in [-0.2, -0.15) is 0 Å². The molecule has 0 unspecified atom stereocenters. The van der Waals surface area contributed by atoms with E-state index in [1.54, 1.807) is 30.3 Å². The topological polar surface area (TPSA) is 43.4 Å². The summed E-state index contributed by atoms with van der Waals surface area (Å²) in [5.41, 5.74) is 0.809. The quantitative estimate of drug-likeness (QED) is 0.385. The molecule has 0 atom stereocenters. The molecule has 0 heterocycles. The van der Waals surface area contributed by atoms with Crippen LogP contribution in [0.1, 0.15) is 12.5 Å². The van der Waals surface area contributed by atoms with Crippen molar-refractivity contribution in [1.29, 1.82) is 0 Å². The maximum absolute atomic E-state index is 11.0. The molecule has 0 aliphatic heterocycles. The number of Topliss-reactive ketones (excluding diaryl/α,β-unsaturated/α-hetero) is 1. The summed E-state index contributed by atoms with van der Waals surface area (Å²) in [6.45, 7) is 4.74. The number of hydrogen-bond donors (Lipinski definition) is 1. The zero-order valence-electron chi connectivity index (χ0n) is 9.34. The summed E-state index contributed by atoms with van der Waals surface area (Å²) >= 11 is 4.05. The second kappa shape index (κ2) is 6.06. The Morgan fingerprint density at radius 3 is 2.35 bits per heavy atom. The molecule has 88 valence electrons. The van der Waals surface area contributed by atoms with Crippen LogP contribution in [0.2, 0.25) is 0 Å². The van der Waals surface area contributed by atoms with Crippen molar-refractivity contribution < 1.29 is 14.3 Å². The Kier molecular flexibility index (Phi) is 4.72. The number of benzene rings is 1. The minimum atomic E-state index is -0.507. The molecule has 1 aromatic rings. The predicted octanol–water partition coefficient (Wildman–Crippen LogP) is 2.64. The average molecular weight is 248 g/mol. The molecule has 0 aliphatic carbocycles. The van der Waals surface area contributed by atoms with Crippen LogP contribution < -0.4 is 4.74 Å². The highest BCUT2D eigenvalue weighted by atomic mass is 32.1. The number of ether oxygens (including phenoxy) is 1. The fourth-order valence-corrected chi connectivity index (χ4v) is 1.20. The van der Waals surface area contributed by atoms with Crippen LogP contribution in [-0.4, -0.2) is 11.8 Å². The zero-order valence-corrected chi connectivity index (χ0v) is 10.2. The fourth-order valence-electron chi connectivity index (χ4n) is 1.05. The molecule has 1 rings (SSSR count). The van der Waals surface area contributed by atoms with Crippen molar-refractivity contribution in [3.8, 4) is 5.75 Å². The molecule has 0 amide bonds. The summed E-state index contributed by atoms with van der Waals surface area (Å²) in [5.74, 6) is -0.182. The van der Waals surface area contributed by atoms with Gasteiger partial charge in [0.25, 0.3) is 0 Å². The van der Waals surface area contributed by atoms with Gasteiger partial charge < -0.3 is 4.74 Å². The van der Waals surface area contributed by atoms with Gasteiger partial charge >= 0.3 is 5.97 Å². The van der Waals surface area contributed by atoms with E-state index in [1.807, 2.05) is 0 Å². The highest BCUT2D eigenvalue weighted by Crippen LogP contribution is 2.16. The number of hydrogen-bond acceptors (Lipinski definition) is 4. The van der Waals surface area contributed by atoms with E-state index in [4.69, 9.17) is 4.74 Å². The predicted molar refractivity (Wildman–Crippen MR) is 69.9 cm³/mol. The minimum absolute atomic E-state index is 0.101. The normalized spacial score (nSPS) is 10.8. The van der Waals surface area contributed by atoms with Crippen LogP contribution in [0.4, 0.5) is 0 Å². The van der Waals surface area contributed by atoms with Crippen LogP contribution in [-0.2, 0) is 9.59 Å². The molecular weight excluding hydrogens is 236 g/mol. The third-order valence-electron chi connectivity index (χ3n) is 1.93. The highest BCUT2D eigenvalue weighted by Gasteiger charge is 2.00. The lowest BCUT2D eigenvalue weighted by molar-refractivity contribution is -0.129. The first-order valence-electron chi connectivity index (χ1n) is 4.89. The molecule has 0 fully saturated rings. The molecule has 4 heteroatoms. The van der Waals surface area contributed by atoms with Crippen molar-refractivity contribution in [2.75, 3.05) is 0 Å². The van der Waals surface area contributed by atoms with Crippen molar-refractivity contribution >= 4 is 30.5 Å². The second-order valence-corrected chi connectivity index (χ2v) is 3.76. The fraction of sp³-hybridized carbons (Fsp3) is 0.0769. The maximum Gasteiger partial charge on any atom is 0.335 e. The molecule has 0 saturated heterocycles. The first-order chi connectivity index (χ1) is 8.02. The van der Waals surface area contributed by atoms with E-state index in [9.17, 15) is 9.59 Å². The van der Waals surface area contributed by atoms with Crippen molar-refractivity contribution in [1.82, 2.24) is 0 Å². The van der Waals surface area contributed by atoms with E-state index in [0.717, 1.165) is 11.6 Å². The smallest absolute Gasteiger partial charge is 0.335 e. The van der Waals surface area contributed by atoms with Gasteiger partial charge in [0.1, 0.15) is 5.75 Å². The monoisotopic (exact) mass is 248 g/mol. The third kappa shape index (κ3) is 4.28. The number of carbonyl (C=O) groups is 2. The van der Waals surface area contributed by atoms with Gasteiger partial charge in [0, 0.05) is 11.0 Å². The molecular formula is C13H12O3S. The van der Waals surface area contributed by atoms with E-state index in [-0.39, 0.29) is 5.78 Å². The number of carbonyl (C=O) groups excluding carboxylic acids is 2. The summed E-state index contributed by atoms with van der Waals surface area (Å²) < 4.78 is 4.91. The number of rotatable bonds is 4. The second-order valence-electron chi connectivity index (χ2n) is 3.28. The molecule has 3 nitrogen and oxygen atoms in total. The molecule has 0 spiro atoms. The maximum atomic E-state index is 11.0. The van der Waals surface area contributed by atoms with Gasteiger partial charge in [-0.15, -0.1) is 12.6 Å². The van der Waals surface area contributed by atoms with Gasteiger partial charge in [0.2, 0.25) is 0 Å². The lowest BCUT2D eigenvalue weighted by Gasteiger charge is -2.01. The Morgan fingerprint density at radius 1 is 1.29 bits per heavy atom. The van der Waals surface area contributed by atoms with Crippen molar-refractivity contribution in [3.63, 3.8) is 0 Å². The Balaban J connectivity index is 2.81. The first kappa shape index (κ1) is 13.3. The molecule has 0 radical (unpaired) electrons. The Morgan fingerprint density at radius 2 is 1.88 bits per heavy atom. The van der Waals surface area contributed by atoms with E-state index >= 15 is 0 Å². The Hall–Kier alpha value is -1.81. The van der Waals surface area contributed by atoms with Crippen LogP contribution in [0.3, 0.4) is 0 Å². The summed E-state index contributed by atoms with van der Waals surface area (Å²) in [7, 11) is 0. The van der Waals surface area contributed by atoms with Crippen molar-refractivity contribution in [2.45, 2.75) is 6.92 Å². The van der Waals surface area contributed by atoms with Gasteiger partial charge in [0.15, 0.2) is 5.78 Å². The first-order valence-corrected chi connectivity index (χ1v) is 5.33. The molecule has 1 aromatic carbocycles. The third-order valence-corrected chi connectivity index (χ3v) is 2.37. The van der Waals surface area contributed by atoms with Crippen LogP contribution in [0.25, 0.3) is 6.08 Å². The minimum Gasteiger partial charge on any atom is -0.423 e. The standard InChI is InChI=1S/C13H12O3S/c1-3-13(15)16-11-6-4-10(5-7-11)8-12(17)9(2)14/h3-8,17H,1H2,2H3/b12-8-. The van der Waals surface area contributed by atoms with Crippen LogP contribution in [0.15, 0.2) is 41.8 Å². The molecule has 17 heavy (non-hydrogen) atoms. The highest BCUT2D eigenvalue weighted by molar-refractivity contribution is 7.85. The van der Waals surface area contributed by atoms with Crippen LogP contribution in [0, 0.1) is 0 Å². The largest absolute Gasteiger partial charge is 0.423 e. The van der Waals surface area contributed by atoms with Gasteiger partial charge in [0.05, 0.1) is 0 Å². The average Bonchev–Trinajstić information content (AvgIpc) is 2.31. The molecule has 0 aliphatic rings. The van der Waals surface area contributed by atoms with Gasteiger partial charge in [-0.1, -0.05) is 18.7 Å². The van der Waals surface area contributed by atoms with Crippen LogP contribution in [0.5, 0.6) is 5.75 Å². The summed E-state index contributed by atoms with van der Waals surface area (Å²) in [4.78, 5) is 22.3. The Bertz CT molecular complexity index is 472. The number of ketones is 1. The molecule has 0 N–H and O–H groups in total. The SMILES string of the molecule is C=CC(=O)Oc1ccc(/C=C(\S)C(C)=O)cc1. The van der Waals surface area contributed by atoms with Crippen molar-refractivity contribution in [3.05, 3.63) is 47.4 Å².